The number of aryl methyl sites for hydroxylation is 1. The van der Waals surface area contributed by atoms with Crippen LogP contribution in [0.3, 0.4) is 0 Å². The molecule has 0 spiro atoms. The zero-order valence-electron chi connectivity index (χ0n) is 11.4. The van der Waals surface area contributed by atoms with Crippen LogP contribution in [0.2, 0.25) is 0 Å². The third-order valence-electron chi connectivity index (χ3n) is 2.69. The summed E-state index contributed by atoms with van der Waals surface area (Å²) in [5.74, 6) is 4.74. The molecule has 3 N–H and O–H groups in total. The topological polar surface area (TPSA) is 82.5 Å². The number of hydrogen-bond donors (Lipinski definition) is 3. The largest absolute Gasteiger partial charge is 0.505 e. The SMILES string of the molecule is Cc1cc(C#CCO)cc(NC(=O)c2ccncc2O)c1. The summed E-state index contributed by atoms with van der Waals surface area (Å²) < 4.78 is 0. The molecule has 5 nitrogen and oxygen atoms in total. The molecule has 0 saturated heterocycles. The van der Waals surface area contributed by atoms with E-state index in [-0.39, 0.29) is 17.9 Å². The molecule has 21 heavy (non-hydrogen) atoms. The Bertz CT molecular complexity index is 730. The number of aromatic hydroxyl groups is 1. The first kappa shape index (κ1) is 14.6. The Hall–Kier alpha value is -2.84. The molecule has 1 aromatic carbocycles. The maximum absolute atomic E-state index is 12.1. The molecule has 0 bridgehead atoms. The highest BCUT2D eigenvalue weighted by molar-refractivity contribution is 6.06. The van der Waals surface area contributed by atoms with Gasteiger partial charge in [-0.2, -0.15) is 0 Å². The van der Waals surface area contributed by atoms with Crippen LogP contribution in [0.5, 0.6) is 5.75 Å². The lowest BCUT2D eigenvalue weighted by Gasteiger charge is -2.08. The normalized spacial score (nSPS) is 9.62. The minimum atomic E-state index is -0.429. The summed E-state index contributed by atoms with van der Waals surface area (Å²) in [4.78, 5) is 15.8. The first-order chi connectivity index (χ1) is 10.1. The van der Waals surface area contributed by atoms with Crippen molar-refractivity contribution in [1.29, 1.82) is 0 Å². The number of carbonyl (C=O) groups is 1. The fourth-order valence-electron chi connectivity index (χ4n) is 1.85. The Kier molecular flexibility index (Phi) is 4.54. The van der Waals surface area contributed by atoms with E-state index in [9.17, 15) is 9.90 Å². The molecule has 1 heterocycles. The second kappa shape index (κ2) is 6.55. The average molecular weight is 282 g/mol. The number of aromatic nitrogens is 1. The van der Waals surface area contributed by atoms with Gasteiger partial charge in [0.05, 0.1) is 11.8 Å². The highest BCUT2D eigenvalue weighted by atomic mass is 16.3. The second-order valence-electron chi connectivity index (χ2n) is 4.39. The number of carbonyl (C=O) groups excluding carboxylic acids is 1. The molecule has 0 aliphatic carbocycles. The van der Waals surface area contributed by atoms with Crippen LogP contribution < -0.4 is 5.32 Å². The number of anilines is 1. The summed E-state index contributed by atoms with van der Waals surface area (Å²) >= 11 is 0. The van der Waals surface area contributed by atoms with Gasteiger partial charge in [-0.25, -0.2) is 0 Å². The molecule has 1 amide bonds. The highest BCUT2D eigenvalue weighted by Gasteiger charge is 2.11. The number of pyridine rings is 1. The van der Waals surface area contributed by atoms with Crippen LogP contribution in [-0.4, -0.2) is 27.7 Å². The van der Waals surface area contributed by atoms with E-state index in [2.05, 4.69) is 22.1 Å². The van der Waals surface area contributed by atoms with E-state index >= 15 is 0 Å². The molecular weight excluding hydrogens is 268 g/mol. The van der Waals surface area contributed by atoms with E-state index in [1.807, 2.05) is 13.0 Å². The monoisotopic (exact) mass is 282 g/mol. The molecule has 0 fully saturated rings. The number of nitrogens with zero attached hydrogens (tertiary/aromatic N) is 1. The number of hydrogen-bond acceptors (Lipinski definition) is 4. The van der Waals surface area contributed by atoms with Gasteiger partial charge in [0.2, 0.25) is 0 Å². The standard InChI is InChI=1S/C16H14N2O3/c1-11-7-12(3-2-6-19)9-13(8-11)18-16(21)14-4-5-17-10-15(14)20/h4-5,7-10,19-20H,6H2,1H3,(H,18,21). The van der Waals surface area contributed by atoms with Crippen molar-refractivity contribution in [3.63, 3.8) is 0 Å². The van der Waals surface area contributed by atoms with E-state index in [0.29, 0.717) is 11.3 Å². The Morgan fingerprint density at radius 1 is 1.38 bits per heavy atom. The summed E-state index contributed by atoms with van der Waals surface area (Å²) in [6.07, 6.45) is 2.65. The van der Waals surface area contributed by atoms with Crippen molar-refractivity contribution in [2.75, 3.05) is 11.9 Å². The second-order valence-corrected chi connectivity index (χ2v) is 4.39. The summed E-state index contributed by atoms with van der Waals surface area (Å²) in [7, 11) is 0. The maximum atomic E-state index is 12.1. The molecule has 2 aromatic rings. The fourth-order valence-corrected chi connectivity index (χ4v) is 1.85. The minimum Gasteiger partial charge on any atom is -0.505 e. The molecule has 0 radical (unpaired) electrons. The Labute approximate surface area is 122 Å². The molecule has 106 valence electrons. The highest BCUT2D eigenvalue weighted by Crippen LogP contribution is 2.18. The van der Waals surface area contributed by atoms with Crippen LogP contribution in [0.4, 0.5) is 5.69 Å². The summed E-state index contributed by atoms with van der Waals surface area (Å²) in [5.41, 5.74) is 2.33. The smallest absolute Gasteiger partial charge is 0.259 e. The lowest BCUT2D eigenvalue weighted by molar-refractivity contribution is 0.102. The van der Waals surface area contributed by atoms with Crippen LogP contribution in [0.25, 0.3) is 0 Å². The fraction of sp³-hybridized carbons (Fsp3) is 0.125. The summed E-state index contributed by atoms with van der Waals surface area (Å²) in [6.45, 7) is 1.66. The average Bonchev–Trinajstić information content (AvgIpc) is 2.45. The van der Waals surface area contributed by atoms with E-state index < -0.39 is 5.91 Å². The lowest BCUT2D eigenvalue weighted by atomic mass is 10.1. The zero-order valence-corrected chi connectivity index (χ0v) is 11.4. The molecule has 0 aliphatic heterocycles. The number of benzene rings is 1. The lowest BCUT2D eigenvalue weighted by Crippen LogP contribution is -2.12. The number of aliphatic hydroxyl groups is 1. The quantitative estimate of drug-likeness (QED) is 0.732. The van der Waals surface area contributed by atoms with Crippen LogP contribution in [0.15, 0.2) is 36.7 Å². The van der Waals surface area contributed by atoms with Crippen molar-refractivity contribution in [2.24, 2.45) is 0 Å². The Balaban J connectivity index is 2.25. The van der Waals surface area contributed by atoms with Gasteiger partial charge in [-0.3, -0.25) is 9.78 Å². The molecule has 0 saturated carbocycles. The first-order valence-corrected chi connectivity index (χ1v) is 6.26. The molecule has 0 atom stereocenters. The van der Waals surface area contributed by atoms with Gasteiger partial charge in [-0.05, 0) is 36.8 Å². The van der Waals surface area contributed by atoms with Crippen molar-refractivity contribution < 1.29 is 15.0 Å². The van der Waals surface area contributed by atoms with Gasteiger partial charge in [0.1, 0.15) is 12.4 Å². The number of aliphatic hydroxyl groups excluding tert-OH is 1. The number of amides is 1. The van der Waals surface area contributed by atoms with Gasteiger partial charge < -0.3 is 15.5 Å². The molecule has 5 heteroatoms. The first-order valence-electron chi connectivity index (χ1n) is 6.26. The van der Waals surface area contributed by atoms with Crippen molar-refractivity contribution >= 4 is 11.6 Å². The maximum Gasteiger partial charge on any atom is 0.259 e. The van der Waals surface area contributed by atoms with Gasteiger partial charge in [-0.15, -0.1) is 0 Å². The third kappa shape index (κ3) is 3.81. The Morgan fingerprint density at radius 3 is 2.90 bits per heavy atom. The molecule has 2 rings (SSSR count). The number of rotatable bonds is 2. The molecular formula is C16H14N2O3. The predicted octanol–water partition coefficient (Wildman–Crippen LogP) is 1.69. The summed E-state index contributed by atoms with van der Waals surface area (Å²) in [6, 6.07) is 6.78. The van der Waals surface area contributed by atoms with Gasteiger partial charge in [0.25, 0.3) is 5.91 Å². The molecule has 0 aliphatic rings. The third-order valence-corrected chi connectivity index (χ3v) is 2.69. The van der Waals surface area contributed by atoms with E-state index in [0.717, 1.165) is 5.56 Å². The number of nitrogens with one attached hydrogen (secondary N) is 1. The Morgan fingerprint density at radius 2 is 2.19 bits per heavy atom. The van der Waals surface area contributed by atoms with Crippen molar-refractivity contribution in [3.8, 4) is 17.6 Å². The van der Waals surface area contributed by atoms with Crippen molar-refractivity contribution in [3.05, 3.63) is 53.3 Å². The minimum absolute atomic E-state index is 0.148. The molecule has 0 unspecified atom stereocenters. The van der Waals surface area contributed by atoms with Crippen molar-refractivity contribution in [1.82, 2.24) is 4.98 Å². The van der Waals surface area contributed by atoms with E-state index in [1.54, 1.807) is 12.1 Å². The predicted molar refractivity (Wildman–Crippen MR) is 79.0 cm³/mol. The van der Waals surface area contributed by atoms with Crippen LogP contribution in [0.1, 0.15) is 21.5 Å². The van der Waals surface area contributed by atoms with Crippen LogP contribution in [-0.2, 0) is 0 Å². The molecule has 1 aromatic heterocycles. The van der Waals surface area contributed by atoms with Gasteiger partial charge in [-0.1, -0.05) is 11.8 Å². The summed E-state index contributed by atoms with van der Waals surface area (Å²) in [5, 5.41) is 21.0. The van der Waals surface area contributed by atoms with E-state index in [1.165, 1.54) is 18.5 Å². The van der Waals surface area contributed by atoms with Gasteiger partial charge >= 0.3 is 0 Å². The van der Waals surface area contributed by atoms with Gasteiger partial charge in [0, 0.05) is 17.4 Å². The van der Waals surface area contributed by atoms with Crippen LogP contribution >= 0.6 is 0 Å². The van der Waals surface area contributed by atoms with Crippen LogP contribution in [0, 0.1) is 18.8 Å². The van der Waals surface area contributed by atoms with Crippen molar-refractivity contribution in [2.45, 2.75) is 6.92 Å². The van der Waals surface area contributed by atoms with E-state index in [4.69, 9.17) is 5.11 Å². The van der Waals surface area contributed by atoms with Gasteiger partial charge in [0.15, 0.2) is 0 Å². The zero-order chi connectivity index (χ0) is 15.2.